The SMILES string of the molecule is CCNC(=NCC1(CCO)CCOC1)NCCS(=O)(=O)N1CCc2ccccc21. The van der Waals surface area contributed by atoms with Gasteiger partial charge in [0.25, 0.3) is 0 Å². The van der Waals surface area contributed by atoms with Gasteiger partial charge in [-0.3, -0.25) is 9.30 Å². The molecule has 1 saturated heterocycles. The Morgan fingerprint density at radius 2 is 2.17 bits per heavy atom. The molecule has 2 aliphatic rings. The summed E-state index contributed by atoms with van der Waals surface area (Å²) in [4.78, 5) is 4.63. The fourth-order valence-corrected chi connectivity index (χ4v) is 5.31. The van der Waals surface area contributed by atoms with Crippen molar-refractivity contribution in [2.75, 3.05) is 56.1 Å². The summed E-state index contributed by atoms with van der Waals surface area (Å²) in [6.07, 6.45) is 2.28. The summed E-state index contributed by atoms with van der Waals surface area (Å²) in [7, 11) is -3.40. The first-order chi connectivity index (χ1) is 14.0. The van der Waals surface area contributed by atoms with Gasteiger partial charge in [0.05, 0.1) is 24.6 Å². The van der Waals surface area contributed by atoms with E-state index in [-0.39, 0.29) is 24.3 Å². The van der Waals surface area contributed by atoms with Crippen LogP contribution in [0.15, 0.2) is 29.3 Å². The van der Waals surface area contributed by atoms with Crippen molar-refractivity contribution in [3.8, 4) is 0 Å². The molecule has 1 unspecified atom stereocenters. The van der Waals surface area contributed by atoms with Crippen molar-refractivity contribution in [3.63, 3.8) is 0 Å². The number of aliphatic hydroxyl groups is 1. The number of anilines is 1. The van der Waals surface area contributed by atoms with Crippen molar-refractivity contribution in [1.82, 2.24) is 10.6 Å². The molecule has 1 aromatic carbocycles. The third-order valence-corrected chi connectivity index (χ3v) is 7.35. The second-order valence-corrected chi connectivity index (χ2v) is 9.68. The van der Waals surface area contributed by atoms with Crippen LogP contribution in [0.2, 0.25) is 0 Å². The van der Waals surface area contributed by atoms with Gasteiger partial charge < -0.3 is 20.5 Å². The van der Waals surface area contributed by atoms with Crippen LogP contribution in [0, 0.1) is 5.41 Å². The van der Waals surface area contributed by atoms with Gasteiger partial charge in [-0.15, -0.1) is 0 Å². The van der Waals surface area contributed by atoms with E-state index in [0.29, 0.717) is 45.2 Å². The number of nitrogens with zero attached hydrogens (tertiary/aromatic N) is 2. The van der Waals surface area contributed by atoms with Crippen molar-refractivity contribution in [2.45, 2.75) is 26.2 Å². The van der Waals surface area contributed by atoms with Crippen molar-refractivity contribution in [1.29, 1.82) is 0 Å². The van der Waals surface area contributed by atoms with E-state index in [9.17, 15) is 13.5 Å². The lowest BCUT2D eigenvalue weighted by molar-refractivity contribution is 0.131. The van der Waals surface area contributed by atoms with E-state index in [4.69, 9.17) is 4.74 Å². The maximum Gasteiger partial charge on any atom is 0.236 e. The second-order valence-electron chi connectivity index (χ2n) is 7.66. The van der Waals surface area contributed by atoms with Gasteiger partial charge in [-0.25, -0.2) is 8.42 Å². The maximum absolute atomic E-state index is 12.8. The molecule has 1 fully saturated rings. The van der Waals surface area contributed by atoms with Crippen LogP contribution in [0.4, 0.5) is 5.69 Å². The zero-order chi connectivity index (χ0) is 20.7. The first-order valence-electron chi connectivity index (χ1n) is 10.3. The van der Waals surface area contributed by atoms with Gasteiger partial charge in [-0.1, -0.05) is 18.2 Å². The number of hydrogen-bond acceptors (Lipinski definition) is 5. The van der Waals surface area contributed by atoms with Crippen molar-refractivity contribution < 1.29 is 18.3 Å². The minimum Gasteiger partial charge on any atom is -0.396 e. The van der Waals surface area contributed by atoms with Crippen LogP contribution in [0.25, 0.3) is 0 Å². The molecule has 0 aliphatic carbocycles. The van der Waals surface area contributed by atoms with Crippen LogP contribution in [0.3, 0.4) is 0 Å². The number of rotatable bonds is 9. The Bertz CT molecular complexity index is 806. The molecule has 3 N–H and O–H groups in total. The van der Waals surface area contributed by atoms with Gasteiger partial charge in [0.15, 0.2) is 5.96 Å². The van der Waals surface area contributed by atoms with Crippen molar-refractivity contribution in [3.05, 3.63) is 29.8 Å². The molecule has 0 bridgehead atoms. The summed E-state index contributed by atoms with van der Waals surface area (Å²) in [6, 6.07) is 7.65. The lowest BCUT2D eigenvalue weighted by Crippen LogP contribution is -2.42. The van der Waals surface area contributed by atoms with E-state index in [2.05, 4.69) is 15.6 Å². The number of hydrogen-bond donors (Lipinski definition) is 3. The molecule has 0 radical (unpaired) electrons. The molecule has 8 nitrogen and oxygen atoms in total. The number of guanidine groups is 1. The molecule has 0 amide bonds. The van der Waals surface area contributed by atoms with Gasteiger partial charge >= 0.3 is 0 Å². The van der Waals surface area contributed by atoms with Crippen molar-refractivity contribution in [2.24, 2.45) is 10.4 Å². The van der Waals surface area contributed by atoms with Crippen LogP contribution in [0.1, 0.15) is 25.3 Å². The fraction of sp³-hybridized carbons (Fsp3) is 0.650. The van der Waals surface area contributed by atoms with E-state index < -0.39 is 10.0 Å². The summed E-state index contributed by atoms with van der Waals surface area (Å²) >= 11 is 0. The van der Waals surface area contributed by atoms with E-state index in [1.54, 1.807) is 0 Å². The average Bonchev–Trinajstić information content (AvgIpc) is 3.34. The third-order valence-electron chi connectivity index (χ3n) is 5.58. The third kappa shape index (κ3) is 5.40. The summed E-state index contributed by atoms with van der Waals surface area (Å²) in [5.74, 6) is 0.588. The smallest absolute Gasteiger partial charge is 0.236 e. The number of fused-ring (bicyclic) bond motifs is 1. The zero-order valence-electron chi connectivity index (χ0n) is 17.1. The normalized spacial score (nSPS) is 22.0. The van der Waals surface area contributed by atoms with Gasteiger partial charge in [-0.2, -0.15) is 0 Å². The molecule has 0 aromatic heterocycles. The highest BCUT2D eigenvalue weighted by atomic mass is 32.2. The van der Waals surface area contributed by atoms with Crippen LogP contribution >= 0.6 is 0 Å². The Balaban J connectivity index is 1.58. The molecule has 162 valence electrons. The monoisotopic (exact) mass is 424 g/mol. The highest BCUT2D eigenvalue weighted by molar-refractivity contribution is 7.92. The predicted molar refractivity (Wildman–Crippen MR) is 115 cm³/mol. The molecular formula is C20H32N4O4S. The molecular weight excluding hydrogens is 392 g/mol. The van der Waals surface area contributed by atoms with Crippen LogP contribution in [-0.2, 0) is 21.2 Å². The van der Waals surface area contributed by atoms with E-state index >= 15 is 0 Å². The largest absolute Gasteiger partial charge is 0.396 e. The van der Waals surface area contributed by atoms with Crippen LogP contribution < -0.4 is 14.9 Å². The Morgan fingerprint density at radius 3 is 2.90 bits per heavy atom. The number of nitrogens with one attached hydrogen (secondary N) is 2. The standard InChI is InChI=1S/C20H32N4O4S/c1-2-21-19(23-15-20(8-12-25)9-13-28-16-20)22-10-14-29(26,27)24-11-7-17-5-3-4-6-18(17)24/h3-6,25H,2,7-16H2,1H3,(H2,21,22,23). The molecule has 3 rings (SSSR count). The Hall–Kier alpha value is -1.84. The Kier molecular flexibility index (Phi) is 7.37. The Morgan fingerprint density at radius 1 is 1.34 bits per heavy atom. The van der Waals surface area contributed by atoms with Gasteiger partial charge in [0.2, 0.25) is 10.0 Å². The average molecular weight is 425 g/mol. The minimum atomic E-state index is -3.40. The minimum absolute atomic E-state index is 0.00333. The molecule has 29 heavy (non-hydrogen) atoms. The van der Waals surface area contributed by atoms with E-state index in [1.807, 2.05) is 31.2 Å². The van der Waals surface area contributed by atoms with Gasteiger partial charge in [0, 0.05) is 38.3 Å². The fourth-order valence-electron chi connectivity index (χ4n) is 3.88. The number of ether oxygens (including phenoxy) is 1. The quantitative estimate of drug-likeness (QED) is 0.399. The summed E-state index contributed by atoms with van der Waals surface area (Å²) < 4.78 is 32.7. The number of sulfonamides is 1. The number of aliphatic imine (C=N–C) groups is 1. The molecule has 0 spiro atoms. The summed E-state index contributed by atoms with van der Waals surface area (Å²) in [6.45, 7) is 5.36. The second kappa shape index (κ2) is 9.77. The van der Waals surface area contributed by atoms with E-state index in [0.717, 1.165) is 24.1 Å². The molecule has 0 saturated carbocycles. The number of para-hydroxylation sites is 1. The van der Waals surface area contributed by atoms with Crippen LogP contribution in [0.5, 0.6) is 0 Å². The van der Waals surface area contributed by atoms with E-state index in [1.165, 1.54) is 4.31 Å². The summed E-state index contributed by atoms with van der Waals surface area (Å²) in [5.41, 5.74) is 1.73. The topological polar surface area (TPSA) is 103 Å². The predicted octanol–water partition coefficient (Wildman–Crippen LogP) is 0.723. The highest BCUT2D eigenvalue weighted by Crippen LogP contribution is 2.32. The first-order valence-corrected chi connectivity index (χ1v) is 11.9. The molecule has 1 aromatic rings. The number of benzene rings is 1. The lowest BCUT2D eigenvalue weighted by atomic mass is 9.84. The highest BCUT2D eigenvalue weighted by Gasteiger charge is 2.34. The van der Waals surface area contributed by atoms with Gasteiger partial charge in [0.1, 0.15) is 0 Å². The van der Waals surface area contributed by atoms with Crippen LogP contribution in [-0.4, -0.2) is 71.2 Å². The van der Waals surface area contributed by atoms with Crippen molar-refractivity contribution >= 4 is 21.7 Å². The number of aliphatic hydroxyl groups excluding tert-OH is 1. The zero-order valence-corrected chi connectivity index (χ0v) is 17.9. The maximum atomic E-state index is 12.8. The summed E-state index contributed by atoms with van der Waals surface area (Å²) in [5, 5.41) is 15.7. The lowest BCUT2D eigenvalue weighted by Gasteiger charge is -2.25. The Labute approximate surface area is 173 Å². The molecule has 1 atom stereocenters. The first kappa shape index (κ1) is 21.9. The molecule has 9 heteroatoms. The molecule has 2 aliphatic heterocycles. The van der Waals surface area contributed by atoms with Gasteiger partial charge in [-0.05, 0) is 37.8 Å². The molecule has 2 heterocycles.